The van der Waals surface area contributed by atoms with Gasteiger partial charge < -0.3 is 5.32 Å². The van der Waals surface area contributed by atoms with Gasteiger partial charge in [0, 0.05) is 12.6 Å². The molecule has 0 spiro atoms. The van der Waals surface area contributed by atoms with Gasteiger partial charge in [0.2, 0.25) is 5.91 Å². The first-order chi connectivity index (χ1) is 12.2. The van der Waals surface area contributed by atoms with Gasteiger partial charge in [-0.1, -0.05) is 61.4 Å². The molecule has 0 atom stereocenters. The van der Waals surface area contributed by atoms with Crippen molar-refractivity contribution in [1.29, 1.82) is 0 Å². The normalized spacial score (nSPS) is 15.2. The van der Waals surface area contributed by atoms with Crippen LogP contribution in [-0.2, 0) is 17.8 Å². The number of H-pyrrole nitrogens is 1. The predicted molar refractivity (Wildman–Crippen MR) is 98.7 cm³/mol. The van der Waals surface area contributed by atoms with Crippen LogP contribution in [0.4, 0.5) is 0 Å². The van der Waals surface area contributed by atoms with E-state index >= 15 is 0 Å². The number of aromatic nitrogens is 3. The van der Waals surface area contributed by atoms with Gasteiger partial charge in [0.05, 0.1) is 5.75 Å². The number of aryl methyl sites for hydroxylation is 1. The maximum absolute atomic E-state index is 12.1. The van der Waals surface area contributed by atoms with Crippen molar-refractivity contribution in [1.82, 2.24) is 20.1 Å². The van der Waals surface area contributed by atoms with Gasteiger partial charge in [0.15, 0.2) is 5.16 Å². The molecule has 0 unspecified atom stereocenters. The van der Waals surface area contributed by atoms with Crippen molar-refractivity contribution in [2.45, 2.75) is 56.3 Å². The van der Waals surface area contributed by atoms with Crippen molar-refractivity contribution in [3.05, 3.63) is 46.4 Å². The van der Waals surface area contributed by atoms with Crippen molar-refractivity contribution < 1.29 is 4.79 Å². The smallest absolute Gasteiger partial charge is 0.343 e. The lowest BCUT2D eigenvalue weighted by atomic mass is 9.95. The minimum absolute atomic E-state index is 0.0157. The number of aromatic amines is 1. The Bertz CT molecular complexity index is 735. The molecule has 7 heteroatoms. The summed E-state index contributed by atoms with van der Waals surface area (Å²) in [6.07, 6.45) is 6.54. The van der Waals surface area contributed by atoms with Gasteiger partial charge in [0.25, 0.3) is 0 Å². The van der Waals surface area contributed by atoms with E-state index in [0.29, 0.717) is 17.7 Å². The van der Waals surface area contributed by atoms with Crippen LogP contribution in [0.2, 0.25) is 0 Å². The Morgan fingerprint density at radius 2 is 2.00 bits per heavy atom. The Labute approximate surface area is 151 Å². The fourth-order valence-electron chi connectivity index (χ4n) is 3.14. The van der Waals surface area contributed by atoms with Crippen LogP contribution < -0.4 is 11.0 Å². The van der Waals surface area contributed by atoms with Gasteiger partial charge >= 0.3 is 5.69 Å². The summed E-state index contributed by atoms with van der Waals surface area (Å²) in [5, 5.41) is 10.2. The fraction of sp³-hybridized carbons (Fsp3) is 0.500. The first kappa shape index (κ1) is 17.8. The third-order valence-corrected chi connectivity index (χ3v) is 5.47. The molecule has 25 heavy (non-hydrogen) atoms. The quantitative estimate of drug-likeness (QED) is 0.743. The monoisotopic (exact) mass is 360 g/mol. The SMILES string of the molecule is O=C(CSc1n[nH]c(=O)n1CCc1ccccc1)NC1CCCCC1. The third-order valence-electron chi connectivity index (χ3n) is 4.49. The van der Waals surface area contributed by atoms with Gasteiger partial charge in [-0.15, -0.1) is 5.10 Å². The molecule has 1 amide bonds. The highest BCUT2D eigenvalue weighted by Crippen LogP contribution is 2.18. The Morgan fingerprint density at radius 3 is 2.76 bits per heavy atom. The van der Waals surface area contributed by atoms with E-state index in [1.807, 2.05) is 30.3 Å². The number of thioether (sulfide) groups is 1. The molecule has 0 aliphatic heterocycles. The lowest BCUT2D eigenvalue weighted by molar-refractivity contribution is -0.119. The van der Waals surface area contributed by atoms with Crippen LogP contribution in [0.1, 0.15) is 37.7 Å². The van der Waals surface area contributed by atoms with Gasteiger partial charge in [0.1, 0.15) is 0 Å². The topological polar surface area (TPSA) is 79.8 Å². The van der Waals surface area contributed by atoms with E-state index in [-0.39, 0.29) is 17.3 Å². The number of rotatable bonds is 7. The zero-order valence-electron chi connectivity index (χ0n) is 14.2. The highest BCUT2D eigenvalue weighted by molar-refractivity contribution is 7.99. The molecular formula is C18H24N4O2S. The first-order valence-electron chi connectivity index (χ1n) is 8.83. The van der Waals surface area contributed by atoms with E-state index in [0.717, 1.165) is 19.3 Å². The second kappa shape index (κ2) is 8.89. The van der Waals surface area contributed by atoms with E-state index in [1.165, 1.54) is 36.6 Å². The molecule has 0 radical (unpaired) electrons. The highest BCUT2D eigenvalue weighted by Gasteiger charge is 2.17. The van der Waals surface area contributed by atoms with Crippen LogP contribution in [0.5, 0.6) is 0 Å². The van der Waals surface area contributed by atoms with Crippen molar-refractivity contribution in [3.8, 4) is 0 Å². The number of nitrogens with one attached hydrogen (secondary N) is 2. The van der Waals surface area contributed by atoms with Crippen LogP contribution in [0.25, 0.3) is 0 Å². The molecule has 0 bridgehead atoms. The molecule has 6 nitrogen and oxygen atoms in total. The van der Waals surface area contributed by atoms with E-state index in [9.17, 15) is 9.59 Å². The fourth-order valence-corrected chi connectivity index (χ4v) is 3.93. The predicted octanol–water partition coefficient (Wildman–Crippen LogP) is 2.36. The van der Waals surface area contributed by atoms with Crippen LogP contribution in [0.15, 0.2) is 40.3 Å². The average molecular weight is 360 g/mol. The first-order valence-corrected chi connectivity index (χ1v) is 9.82. The van der Waals surface area contributed by atoms with Crippen LogP contribution in [-0.4, -0.2) is 32.5 Å². The molecule has 0 saturated heterocycles. The zero-order chi connectivity index (χ0) is 17.5. The maximum Gasteiger partial charge on any atom is 0.343 e. The zero-order valence-corrected chi connectivity index (χ0v) is 15.1. The lowest BCUT2D eigenvalue weighted by Crippen LogP contribution is -2.37. The summed E-state index contributed by atoms with van der Waals surface area (Å²) in [6.45, 7) is 0.548. The molecule has 1 aromatic carbocycles. The van der Waals surface area contributed by atoms with E-state index in [1.54, 1.807) is 4.57 Å². The molecule has 1 heterocycles. The Morgan fingerprint density at radius 1 is 1.24 bits per heavy atom. The lowest BCUT2D eigenvalue weighted by Gasteiger charge is -2.22. The molecule has 2 aromatic rings. The number of hydrogen-bond acceptors (Lipinski definition) is 4. The molecule has 2 N–H and O–H groups in total. The average Bonchev–Trinajstić information content (AvgIpc) is 3.00. The van der Waals surface area contributed by atoms with Gasteiger partial charge in [-0.25, -0.2) is 9.89 Å². The highest BCUT2D eigenvalue weighted by atomic mass is 32.2. The van der Waals surface area contributed by atoms with Crippen LogP contribution in [0, 0.1) is 0 Å². The van der Waals surface area contributed by atoms with Crippen LogP contribution in [0.3, 0.4) is 0 Å². The number of benzene rings is 1. The van der Waals surface area contributed by atoms with Gasteiger partial charge in [-0.2, -0.15) is 0 Å². The standard InChI is InChI=1S/C18H24N4O2S/c23-16(19-15-9-5-2-6-10-15)13-25-18-21-20-17(24)22(18)12-11-14-7-3-1-4-8-14/h1,3-4,7-8,15H,2,5-6,9-13H2,(H,19,23)(H,20,24). The van der Waals surface area contributed by atoms with Crippen LogP contribution >= 0.6 is 11.8 Å². The minimum Gasteiger partial charge on any atom is -0.353 e. The molecule has 1 aromatic heterocycles. The molecule has 1 aliphatic rings. The molecule has 1 aliphatic carbocycles. The van der Waals surface area contributed by atoms with E-state index < -0.39 is 0 Å². The number of carbonyl (C=O) groups excluding carboxylic acids is 1. The number of hydrogen-bond donors (Lipinski definition) is 2. The second-order valence-corrected chi connectivity index (χ2v) is 7.33. The van der Waals surface area contributed by atoms with Crippen molar-refractivity contribution in [3.63, 3.8) is 0 Å². The van der Waals surface area contributed by atoms with Gasteiger partial charge in [-0.3, -0.25) is 9.36 Å². The number of carbonyl (C=O) groups is 1. The largest absolute Gasteiger partial charge is 0.353 e. The summed E-state index contributed by atoms with van der Waals surface area (Å²) in [5.74, 6) is 0.300. The van der Waals surface area contributed by atoms with E-state index in [4.69, 9.17) is 0 Å². The van der Waals surface area contributed by atoms with Gasteiger partial charge in [-0.05, 0) is 24.8 Å². The Kier molecular flexibility index (Phi) is 6.33. The maximum atomic E-state index is 12.1. The molecule has 1 fully saturated rings. The summed E-state index contributed by atoms with van der Waals surface area (Å²) in [5.41, 5.74) is 0.938. The summed E-state index contributed by atoms with van der Waals surface area (Å²) in [4.78, 5) is 24.1. The molecule has 134 valence electrons. The Hall–Kier alpha value is -2.02. The summed E-state index contributed by atoms with van der Waals surface area (Å²) < 4.78 is 1.60. The molecule has 3 rings (SSSR count). The second-order valence-electron chi connectivity index (χ2n) is 6.39. The molecular weight excluding hydrogens is 336 g/mol. The minimum atomic E-state index is -0.230. The summed E-state index contributed by atoms with van der Waals surface area (Å²) >= 11 is 1.31. The number of amides is 1. The van der Waals surface area contributed by atoms with Crippen molar-refractivity contribution in [2.75, 3.05) is 5.75 Å². The van der Waals surface area contributed by atoms with Crippen molar-refractivity contribution >= 4 is 17.7 Å². The summed E-state index contributed by atoms with van der Waals surface area (Å²) in [7, 11) is 0. The third kappa shape index (κ3) is 5.22. The van der Waals surface area contributed by atoms with Crippen molar-refractivity contribution in [2.24, 2.45) is 0 Å². The summed E-state index contributed by atoms with van der Waals surface area (Å²) in [6, 6.07) is 10.3. The Balaban J connectivity index is 1.52. The van der Waals surface area contributed by atoms with E-state index in [2.05, 4.69) is 15.5 Å². The number of nitrogens with zero attached hydrogens (tertiary/aromatic N) is 2. The molecule has 1 saturated carbocycles.